The zero-order chi connectivity index (χ0) is 15.9. The molecule has 4 aliphatic heterocycles. The molecular formula is C21H37NO. The summed E-state index contributed by atoms with van der Waals surface area (Å²) in [6, 6.07) is 0. The van der Waals surface area contributed by atoms with Crippen LogP contribution in [-0.2, 0) is 4.74 Å². The van der Waals surface area contributed by atoms with Crippen LogP contribution in [0.25, 0.3) is 0 Å². The van der Waals surface area contributed by atoms with E-state index < -0.39 is 0 Å². The molecule has 1 spiro atoms. The first-order chi connectivity index (χ1) is 11.1. The average molecular weight is 320 g/mol. The zero-order valence-electron chi connectivity index (χ0n) is 15.5. The van der Waals surface area contributed by atoms with E-state index in [1.807, 2.05) is 0 Å². The molecular weight excluding hydrogens is 282 g/mol. The maximum Gasteiger partial charge on any atom is 0.0547 e. The lowest BCUT2D eigenvalue weighted by Gasteiger charge is -2.53. The molecule has 0 aromatic heterocycles. The molecule has 0 N–H and O–H groups in total. The van der Waals surface area contributed by atoms with E-state index >= 15 is 0 Å². The van der Waals surface area contributed by atoms with E-state index in [0.29, 0.717) is 10.8 Å². The Balaban J connectivity index is 1.33. The van der Waals surface area contributed by atoms with Gasteiger partial charge in [0.15, 0.2) is 0 Å². The fraction of sp³-hybridized carbons (Fsp3) is 1.00. The Morgan fingerprint density at radius 2 is 1.65 bits per heavy atom. The fourth-order valence-electron chi connectivity index (χ4n) is 6.56. The van der Waals surface area contributed by atoms with Gasteiger partial charge in [0.2, 0.25) is 0 Å². The maximum absolute atomic E-state index is 5.65. The highest BCUT2D eigenvalue weighted by atomic mass is 16.5. The summed E-state index contributed by atoms with van der Waals surface area (Å²) in [5, 5.41) is 0. The van der Waals surface area contributed by atoms with Gasteiger partial charge in [-0.2, -0.15) is 0 Å². The lowest BCUT2D eigenvalue weighted by atomic mass is 9.59. The monoisotopic (exact) mass is 319 g/mol. The second kappa shape index (κ2) is 6.33. The molecule has 2 bridgehead atoms. The molecule has 23 heavy (non-hydrogen) atoms. The minimum atomic E-state index is 0.593. The Labute approximate surface area is 143 Å². The number of hydrogen-bond acceptors (Lipinski definition) is 2. The molecule has 3 atom stereocenters. The third-order valence-corrected chi connectivity index (χ3v) is 8.57. The van der Waals surface area contributed by atoms with E-state index in [4.69, 9.17) is 4.74 Å². The topological polar surface area (TPSA) is 12.5 Å². The predicted octanol–water partition coefficient (Wildman–Crippen LogP) is 4.73. The normalized spacial score (nSPS) is 41.5. The summed E-state index contributed by atoms with van der Waals surface area (Å²) >= 11 is 0. The van der Waals surface area contributed by atoms with Crippen LogP contribution in [0.1, 0.15) is 71.6 Å². The molecule has 5 fully saturated rings. The van der Waals surface area contributed by atoms with Gasteiger partial charge in [0.05, 0.1) is 13.2 Å². The standard InChI is InChI=1S/C21H37NO/c1-17(19-5-3-4-8-21(19)15-23-16-21)6-7-18(2)20-9-12-22(13-10-20)14-11-20/h17-19H,3-16H2,1-2H3. The van der Waals surface area contributed by atoms with Crippen LogP contribution in [0.15, 0.2) is 0 Å². The van der Waals surface area contributed by atoms with Crippen LogP contribution in [0.5, 0.6) is 0 Å². The Kier molecular flexibility index (Phi) is 4.51. The fourth-order valence-corrected chi connectivity index (χ4v) is 6.56. The minimum absolute atomic E-state index is 0.593. The highest BCUT2D eigenvalue weighted by Crippen LogP contribution is 2.52. The summed E-state index contributed by atoms with van der Waals surface area (Å²) in [5.74, 6) is 2.79. The summed E-state index contributed by atoms with van der Waals surface area (Å²) in [6.07, 6.45) is 13.2. The first kappa shape index (κ1) is 16.4. The van der Waals surface area contributed by atoms with Crippen LogP contribution < -0.4 is 0 Å². The van der Waals surface area contributed by atoms with Gasteiger partial charge in [-0.1, -0.05) is 33.1 Å². The van der Waals surface area contributed by atoms with Crippen molar-refractivity contribution >= 4 is 0 Å². The van der Waals surface area contributed by atoms with E-state index in [1.165, 1.54) is 77.4 Å². The van der Waals surface area contributed by atoms with Gasteiger partial charge in [-0.3, -0.25) is 0 Å². The number of piperidine rings is 3. The average Bonchev–Trinajstić information content (AvgIpc) is 2.59. The molecule has 4 heterocycles. The van der Waals surface area contributed by atoms with Crippen LogP contribution in [0.2, 0.25) is 0 Å². The van der Waals surface area contributed by atoms with Gasteiger partial charge >= 0.3 is 0 Å². The van der Waals surface area contributed by atoms with Gasteiger partial charge in [0.1, 0.15) is 0 Å². The number of fused-ring (bicyclic) bond motifs is 3. The van der Waals surface area contributed by atoms with Gasteiger partial charge in [-0.25, -0.2) is 0 Å². The Morgan fingerprint density at radius 1 is 0.957 bits per heavy atom. The third kappa shape index (κ3) is 2.88. The largest absolute Gasteiger partial charge is 0.380 e. The molecule has 4 saturated heterocycles. The lowest BCUT2D eigenvalue weighted by Crippen LogP contribution is -2.52. The molecule has 132 valence electrons. The Morgan fingerprint density at radius 3 is 2.26 bits per heavy atom. The summed E-state index contributed by atoms with van der Waals surface area (Å²) < 4.78 is 5.65. The van der Waals surface area contributed by atoms with Gasteiger partial charge in [-0.15, -0.1) is 0 Å². The number of nitrogens with zero attached hydrogens (tertiary/aromatic N) is 1. The van der Waals surface area contributed by atoms with Crippen LogP contribution >= 0.6 is 0 Å². The molecule has 2 heteroatoms. The molecule has 2 nitrogen and oxygen atoms in total. The minimum Gasteiger partial charge on any atom is -0.380 e. The summed E-state index contributed by atoms with van der Waals surface area (Å²) in [7, 11) is 0. The number of rotatable bonds is 5. The van der Waals surface area contributed by atoms with Crippen LogP contribution in [-0.4, -0.2) is 37.7 Å². The molecule has 0 aromatic carbocycles. The van der Waals surface area contributed by atoms with E-state index in [0.717, 1.165) is 31.0 Å². The van der Waals surface area contributed by atoms with Crippen molar-refractivity contribution in [2.75, 3.05) is 32.8 Å². The van der Waals surface area contributed by atoms with Gasteiger partial charge in [0.25, 0.3) is 0 Å². The van der Waals surface area contributed by atoms with E-state index in [2.05, 4.69) is 18.7 Å². The first-order valence-corrected chi connectivity index (χ1v) is 10.4. The molecule has 5 rings (SSSR count). The molecule has 1 aliphatic carbocycles. The van der Waals surface area contributed by atoms with Crippen molar-refractivity contribution in [3.63, 3.8) is 0 Å². The van der Waals surface area contributed by atoms with Crippen molar-refractivity contribution in [3.05, 3.63) is 0 Å². The van der Waals surface area contributed by atoms with Crippen molar-refractivity contribution in [1.29, 1.82) is 0 Å². The SMILES string of the molecule is CC(CCC(C)C12CCN(CC1)CC2)C1CCCCC12COC2. The highest BCUT2D eigenvalue weighted by Gasteiger charge is 2.49. The maximum atomic E-state index is 5.65. The molecule has 0 radical (unpaired) electrons. The van der Waals surface area contributed by atoms with Crippen LogP contribution in [0.4, 0.5) is 0 Å². The Bertz CT molecular complexity index is 394. The van der Waals surface area contributed by atoms with Gasteiger partial charge in [-0.05, 0) is 81.3 Å². The first-order valence-electron chi connectivity index (χ1n) is 10.4. The highest BCUT2D eigenvalue weighted by molar-refractivity contribution is 4.98. The van der Waals surface area contributed by atoms with E-state index in [9.17, 15) is 0 Å². The van der Waals surface area contributed by atoms with Crippen molar-refractivity contribution in [2.45, 2.75) is 71.6 Å². The molecule has 1 saturated carbocycles. The summed E-state index contributed by atoms with van der Waals surface area (Å²) in [4.78, 5) is 2.68. The quantitative estimate of drug-likeness (QED) is 0.726. The lowest BCUT2D eigenvalue weighted by molar-refractivity contribution is -0.174. The number of ether oxygens (including phenoxy) is 1. The molecule has 3 unspecified atom stereocenters. The third-order valence-electron chi connectivity index (χ3n) is 8.57. The Hall–Kier alpha value is -0.0800. The summed E-state index contributed by atoms with van der Waals surface area (Å²) in [6.45, 7) is 11.4. The zero-order valence-corrected chi connectivity index (χ0v) is 15.5. The van der Waals surface area contributed by atoms with E-state index in [-0.39, 0.29) is 0 Å². The van der Waals surface area contributed by atoms with Crippen molar-refractivity contribution in [3.8, 4) is 0 Å². The second-order valence-electron chi connectivity index (χ2n) is 9.62. The smallest absolute Gasteiger partial charge is 0.0547 e. The second-order valence-corrected chi connectivity index (χ2v) is 9.62. The molecule has 0 amide bonds. The van der Waals surface area contributed by atoms with Crippen molar-refractivity contribution in [1.82, 2.24) is 4.90 Å². The summed E-state index contributed by atoms with van der Waals surface area (Å²) in [5.41, 5.74) is 1.30. The van der Waals surface area contributed by atoms with Gasteiger partial charge < -0.3 is 9.64 Å². The predicted molar refractivity (Wildman–Crippen MR) is 95.5 cm³/mol. The molecule has 5 aliphatic rings. The van der Waals surface area contributed by atoms with Crippen LogP contribution in [0, 0.1) is 28.6 Å². The molecule has 0 aromatic rings. The van der Waals surface area contributed by atoms with Gasteiger partial charge in [0, 0.05) is 5.41 Å². The number of hydrogen-bond donors (Lipinski definition) is 0. The van der Waals surface area contributed by atoms with Crippen molar-refractivity contribution < 1.29 is 4.74 Å². The van der Waals surface area contributed by atoms with Crippen molar-refractivity contribution in [2.24, 2.45) is 28.6 Å². The van der Waals surface area contributed by atoms with E-state index in [1.54, 1.807) is 0 Å². The van der Waals surface area contributed by atoms with Crippen LogP contribution in [0.3, 0.4) is 0 Å².